The molecule has 0 bridgehead atoms. The molecule has 31 heavy (non-hydrogen) atoms. The molecule has 0 aliphatic carbocycles. The Morgan fingerprint density at radius 3 is 2.55 bits per heavy atom. The maximum Gasteiger partial charge on any atom is 0.346 e. The van der Waals surface area contributed by atoms with Gasteiger partial charge >= 0.3 is 5.97 Å². The highest BCUT2D eigenvalue weighted by atomic mass is 35.5. The predicted octanol–water partition coefficient (Wildman–Crippen LogP) is 5.62. The van der Waals surface area contributed by atoms with E-state index in [1.165, 1.54) is 0 Å². The van der Waals surface area contributed by atoms with Crippen LogP contribution < -0.4 is 10.1 Å². The summed E-state index contributed by atoms with van der Waals surface area (Å²) in [5.74, 6) is -0.518. The van der Waals surface area contributed by atoms with Gasteiger partial charge in [0.1, 0.15) is 11.4 Å². The number of halogens is 2. The second kappa shape index (κ2) is 10.8. The minimum absolute atomic E-state index is 0.0461. The lowest BCUT2D eigenvalue weighted by Crippen LogP contribution is -2.15. The van der Waals surface area contributed by atoms with Crippen LogP contribution in [-0.2, 0) is 9.53 Å². The molecule has 9 heteroatoms. The Hall–Kier alpha value is -3.03. The van der Waals surface area contributed by atoms with Crippen LogP contribution in [-0.4, -0.2) is 30.2 Å². The van der Waals surface area contributed by atoms with Gasteiger partial charge in [0.2, 0.25) is 11.8 Å². The van der Waals surface area contributed by atoms with Gasteiger partial charge in [-0.05, 0) is 37.6 Å². The van der Waals surface area contributed by atoms with Gasteiger partial charge in [0.25, 0.3) is 0 Å². The number of carbonyl (C=O) groups is 2. The van der Waals surface area contributed by atoms with Crippen molar-refractivity contribution in [2.24, 2.45) is 0 Å². The van der Waals surface area contributed by atoms with Gasteiger partial charge in [-0.25, -0.2) is 4.79 Å². The van der Waals surface area contributed by atoms with E-state index in [0.29, 0.717) is 34.4 Å². The van der Waals surface area contributed by atoms with E-state index in [0.717, 1.165) is 0 Å². The van der Waals surface area contributed by atoms with E-state index in [1.807, 2.05) is 6.07 Å². The molecule has 1 N–H and O–H groups in total. The Labute approximate surface area is 189 Å². The summed E-state index contributed by atoms with van der Waals surface area (Å²) in [5.41, 5.74) is 0.905. The van der Waals surface area contributed by atoms with Crippen molar-refractivity contribution < 1.29 is 23.6 Å². The number of carbonyl (C=O) groups excluding carboxylic acids is 2. The molecule has 0 saturated heterocycles. The second-order valence-corrected chi connectivity index (χ2v) is 7.24. The van der Waals surface area contributed by atoms with E-state index in [4.69, 9.17) is 37.2 Å². The first-order valence-electron chi connectivity index (χ1n) is 9.59. The van der Waals surface area contributed by atoms with Crippen LogP contribution in [0.15, 0.2) is 53.1 Å². The largest absolute Gasteiger partial charge is 0.492 e. The molecule has 7 nitrogen and oxygen atoms in total. The lowest BCUT2D eigenvalue weighted by molar-refractivity contribution is -0.116. The SMILES string of the molecule is CCOC(=O)c1c(-c2ccc(Cl)cc2)noc1NC(=O)CCCOc1ccccc1Cl. The van der Waals surface area contributed by atoms with E-state index in [-0.39, 0.29) is 36.1 Å². The first-order chi connectivity index (χ1) is 15.0. The Kier molecular flexibility index (Phi) is 7.92. The Morgan fingerprint density at radius 2 is 1.84 bits per heavy atom. The predicted molar refractivity (Wildman–Crippen MR) is 118 cm³/mol. The molecule has 0 atom stereocenters. The van der Waals surface area contributed by atoms with Crippen LogP contribution in [0.2, 0.25) is 10.0 Å². The molecule has 0 aliphatic heterocycles. The minimum Gasteiger partial charge on any atom is -0.492 e. The van der Waals surface area contributed by atoms with Gasteiger partial charge < -0.3 is 14.0 Å². The van der Waals surface area contributed by atoms with Crippen molar-refractivity contribution in [1.82, 2.24) is 5.16 Å². The number of esters is 1. The standard InChI is InChI=1S/C22H20Cl2N2O5/c1-2-29-22(28)19-20(14-9-11-15(23)12-10-14)26-31-21(19)25-18(27)8-5-13-30-17-7-4-3-6-16(17)24/h3-4,6-7,9-12H,2,5,8,13H2,1H3,(H,25,27). The van der Waals surface area contributed by atoms with E-state index in [2.05, 4.69) is 10.5 Å². The number of rotatable bonds is 9. The number of hydrogen-bond acceptors (Lipinski definition) is 6. The maximum atomic E-state index is 12.5. The average Bonchev–Trinajstić information content (AvgIpc) is 3.16. The zero-order chi connectivity index (χ0) is 22.2. The van der Waals surface area contributed by atoms with Crippen LogP contribution in [0.1, 0.15) is 30.1 Å². The normalized spacial score (nSPS) is 10.5. The van der Waals surface area contributed by atoms with Crippen LogP contribution in [0, 0.1) is 0 Å². The molecule has 0 aliphatic rings. The quantitative estimate of drug-likeness (QED) is 0.327. The van der Waals surface area contributed by atoms with Gasteiger partial charge in [-0.3, -0.25) is 10.1 Å². The zero-order valence-corrected chi connectivity index (χ0v) is 18.2. The van der Waals surface area contributed by atoms with Crippen molar-refractivity contribution in [3.8, 4) is 17.0 Å². The highest BCUT2D eigenvalue weighted by molar-refractivity contribution is 6.32. The summed E-state index contributed by atoms with van der Waals surface area (Å²) in [6.07, 6.45) is 0.577. The molecule has 162 valence electrons. The van der Waals surface area contributed by atoms with E-state index in [9.17, 15) is 9.59 Å². The molecule has 3 rings (SSSR count). The molecule has 3 aromatic rings. The number of benzene rings is 2. The summed E-state index contributed by atoms with van der Waals surface area (Å²) in [6.45, 7) is 2.15. The molecule has 1 heterocycles. The fraction of sp³-hybridized carbons (Fsp3) is 0.227. The molecule has 1 aromatic heterocycles. The summed E-state index contributed by atoms with van der Waals surface area (Å²) in [7, 11) is 0. The molecular weight excluding hydrogens is 443 g/mol. The third kappa shape index (κ3) is 5.99. The Balaban J connectivity index is 1.66. The van der Waals surface area contributed by atoms with Crippen molar-refractivity contribution >= 4 is 41.0 Å². The number of nitrogens with zero attached hydrogens (tertiary/aromatic N) is 1. The second-order valence-electron chi connectivity index (χ2n) is 6.39. The van der Waals surface area contributed by atoms with Gasteiger partial charge in [-0.1, -0.05) is 52.6 Å². The Bertz CT molecular complexity index is 1050. The number of aromatic nitrogens is 1. The van der Waals surface area contributed by atoms with Crippen LogP contribution in [0.4, 0.5) is 5.88 Å². The van der Waals surface area contributed by atoms with Crippen molar-refractivity contribution in [3.05, 3.63) is 64.1 Å². The highest BCUT2D eigenvalue weighted by Crippen LogP contribution is 2.30. The van der Waals surface area contributed by atoms with Crippen molar-refractivity contribution in [2.75, 3.05) is 18.5 Å². The zero-order valence-electron chi connectivity index (χ0n) is 16.7. The first-order valence-corrected chi connectivity index (χ1v) is 10.3. The van der Waals surface area contributed by atoms with Gasteiger partial charge in [-0.15, -0.1) is 0 Å². The van der Waals surface area contributed by atoms with E-state index >= 15 is 0 Å². The highest BCUT2D eigenvalue weighted by Gasteiger charge is 2.26. The Morgan fingerprint density at radius 1 is 1.10 bits per heavy atom. The van der Waals surface area contributed by atoms with Crippen LogP contribution >= 0.6 is 23.2 Å². The molecule has 0 radical (unpaired) electrons. The maximum absolute atomic E-state index is 12.5. The summed E-state index contributed by atoms with van der Waals surface area (Å²) in [4.78, 5) is 24.9. The van der Waals surface area contributed by atoms with E-state index in [1.54, 1.807) is 49.4 Å². The van der Waals surface area contributed by atoms with Gasteiger partial charge in [0, 0.05) is 17.0 Å². The number of para-hydroxylation sites is 1. The molecule has 0 unspecified atom stereocenters. The topological polar surface area (TPSA) is 90.7 Å². The monoisotopic (exact) mass is 462 g/mol. The van der Waals surface area contributed by atoms with Crippen LogP contribution in [0.25, 0.3) is 11.3 Å². The molecule has 0 saturated carbocycles. The number of ether oxygens (including phenoxy) is 2. The molecule has 0 fully saturated rings. The first kappa shape index (κ1) is 22.7. The van der Waals surface area contributed by atoms with Gasteiger partial charge in [-0.2, -0.15) is 0 Å². The lowest BCUT2D eigenvalue weighted by Gasteiger charge is -2.08. The van der Waals surface area contributed by atoms with Crippen molar-refractivity contribution in [2.45, 2.75) is 19.8 Å². The molecule has 2 aromatic carbocycles. The third-order valence-electron chi connectivity index (χ3n) is 4.18. The number of amides is 1. The number of hydrogen-bond donors (Lipinski definition) is 1. The van der Waals surface area contributed by atoms with Crippen molar-refractivity contribution in [3.63, 3.8) is 0 Å². The lowest BCUT2D eigenvalue weighted by atomic mass is 10.1. The van der Waals surface area contributed by atoms with E-state index < -0.39 is 5.97 Å². The molecule has 1 amide bonds. The molecule has 0 spiro atoms. The molecular formula is C22H20Cl2N2O5. The van der Waals surface area contributed by atoms with Crippen LogP contribution in [0.5, 0.6) is 5.75 Å². The summed E-state index contributed by atoms with van der Waals surface area (Å²) in [6, 6.07) is 13.8. The minimum atomic E-state index is -0.647. The average molecular weight is 463 g/mol. The summed E-state index contributed by atoms with van der Waals surface area (Å²) in [5, 5.41) is 7.57. The fourth-order valence-corrected chi connectivity index (χ4v) is 3.05. The fourth-order valence-electron chi connectivity index (χ4n) is 2.74. The third-order valence-corrected chi connectivity index (χ3v) is 4.75. The smallest absolute Gasteiger partial charge is 0.346 e. The van der Waals surface area contributed by atoms with Gasteiger partial charge in [0.05, 0.1) is 18.2 Å². The summed E-state index contributed by atoms with van der Waals surface area (Å²) >= 11 is 12.0. The number of nitrogens with one attached hydrogen (secondary N) is 1. The van der Waals surface area contributed by atoms with Crippen molar-refractivity contribution in [1.29, 1.82) is 0 Å². The van der Waals surface area contributed by atoms with Crippen LogP contribution in [0.3, 0.4) is 0 Å². The number of anilines is 1. The van der Waals surface area contributed by atoms with Gasteiger partial charge in [0.15, 0.2) is 5.56 Å². The summed E-state index contributed by atoms with van der Waals surface area (Å²) < 4.78 is 15.9.